The number of aliphatic hydroxyl groups excluding tert-OH is 1. The van der Waals surface area contributed by atoms with Gasteiger partial charge in [-0.3, -0.25) is 0 Å². The third kappa shape index (κ3) is 13.4. The molecule has 3 heteroatoms. The highest BCUT2D eigenvalue weighted by molar-refractivity contribution is 5.81. The normalized spacial score (nSPS) is 12.4. The smallest absolute Gasteiger partial charge is 0.332 e. The molecule has 0 rings (SSSR count). The van der Waals surface area contributed by atoms with E-state index in [0.717, 1.165) is 24.8 Å². The lowest BCUT2D eigenvalue weighted by Crippen LogP contribution is -2.15. The van der Waals surface area contributed by atoms with Crippen molar-refractivity contribution >= 4 is 5.97 Å². The van der Waals surface area contributed by atoms with Crippen molar-refractivity contribution in [3.05, 3.63) is 12.7 Å². The molecule has 1 N–H and O–H groups in total. The Hall–Kier alpha value is -0.830. The number of hydrogen-bond acceptors (Lipinski definition) is 3. The van der Waals surface area contributed by atoms with Crippen LogP contribution in [-0.4, -0.2) is 17.4 Å². The third-order valence-electron chi connectivity index (χ3n) is 3.15. The fourth-order valence-electron chi connectivity index (χ4n) is 2.00. The van der Waals surface area contributed by atoms with E-state index in [1.165, 1.54) is 38.5 Å². The van der Waals surface area contributed by atoms with Crippen LogP contribution in [0.4, 0.5) is 0 Å². The monoisotopic (exact) mass is 270 g/mol. The average Bonchev–Trinajstić information content (AvgIpc) is 2.36. The second-order valence-electron chi connectivity index (χ2n) is 5.54. The minimum atomic E-state index is -0.975. The van der Waals surface area contributed by atoms with Crippen LogP contribution in [-0.2, 0) is 9.53 Å². The average molecular weight is 270 g/mol. The van der Waals surface area contributed by atoms with E-state index >= 15 is 0 Å². The maximum absolute atomic E-state index is 10.8. The van der Waals surface area contributed by atoms with Gasteiger partial charge >= 0.3 is 5.97 Å². The largest absolute Gasteiger partial charge is 0.433 e. The summed E-state index contributed by atoms with van der Waals surface area (Å²) in [6, 6.07) is 0. The molecule has 3 nitrogen and oxygen atoms in total. The van der Waals surface area contributed by atoms with E-state index in [2.05, 4.69) is 25.2 Å². The summed E-state index contributed by atoms with van der Waals surface area (Å²) in [5.74, 6) is 0.261. The van der Waals surface area contributed by atoms with Crippen LogP contribution in [0.2, 0.25) is 0 Å². The molecular formula is C16H30O3. The summed E-state index contributed by atoms with van der Waals surface area (Å²) in [5, 5.41) is 9.38. The number of carbonyl (C=O) groups excluding carboxylic acids is 1. The van der Waals surface area contributed by atoms with Gasteiger partial charge in [-0.2, -0.15) is 0 Å². The first kappa shape index (κ1) is 18.2. The molecule has 0 bridgehead atoms. The lowest BCUT2D eigenvalue weighted by atomic mass is 10.0. The SMILES string of the molecule is C=CC(=O)OC(O)CCCCCCCCCC(C)C. The summed E-state index contributed by atoms with van der Waals surface area (Å²) >= 11 is 0. The Labute approximate surface area is 118 Å². The van der Waals surface area contributed by atoms with Gasteiger partial charge in [-0.05, 0) is 12.3 Å². The van der Waals surface area contributed by atoms with Crippen molar-refractivity contribution in [3.63, 3.8) is 0 Å². The second-order valence-corrected chi connectivity index (χ2v) is 5.54. The summed E-state index contributed by atoms with van der Waals surface area (Å²) in [4.78, 5) is 10.8. The molecule has 0 heterocycles. The van der Waals surface area contributed by atoms with Gasteiger partial charge in [0.1, 0.15) is 0 Å². The molecule has 0 aliphatic heterocycles. The van der Waals surface area contributed by atoms with Crippen LogP contribution in [0.25, 0.3) is 0 Å². The van der Waals surface area contributed by atoms with Crippen LogP contribution >= 0.6 is 0 Å². The van der Waals surface area contributed by atoms with Gasteiger partial charge in [0.05, 0.1) is 0 Å². The van der Waals surface area contributed by atoms with E-state index < -0.39 is 12.3 Å². The van der Waals surface area contributed by atoms with Crippen LogP contribution < -0.4 is 0 Å². The highest BCUT2D eigenvalue weighted by atomic mass is 16.6. The summed E-state index contributed by atoms with van der Waals surface area (Å²) in [5.41, 5.74) is 0. The van der Waals surface area contributed by atoms with Gasteiger partial charge in [0.25, 0.3) is 0 Å². The van der Waals surface area contributed by atoms with Crippen molar-refractivity contribution in [1.29, 1.82) is 0 Å². The highest BCUT2D eigenvalue weighted by Crippen LogP contribution is 2.13. The number of rotatable bonds is 12. The Balaban J connectivity index is 3.22. The van der Waals surface area contributed by atoms with Gasteiger partial charge in [-0.15, -0.1) is 0 Å². The van der Waals surface area contributed by atoms with E-state index in [0.29, 0.717) is 6.42 Å². The van der Waals surface area contributed by atoms with Crippen LogP contribution in [0.5, 0.6) is 0 Å². The van der Waals surface area contributed by atoms with Crippen molar-refractivity contribution in [3.8, 4) is 0 Å². The molecule has 19 heavy (non-hydrogen) atoms. The molecule has 0 saturated heterocycles. The maximum atomic E-state index is 10.8. The zero-order valence-electron chi connectivity index (χ0n) is 12.6. The number of unbranched alkanes of at least 4 members (excludes halogenated alkanes) is 6. The van der Waals surface area contributed by atoms with E-state index in [4.69, 9.17) is 0 Å². The molecule has 0 aromatic heterocycles. The first-order valence-electron chi connectivity index (χ1n) is 7.57. The molecule has 0 fully saturated rings. The molecule has 0 aliphatic rings. The molecule has 0 aromatic carbocycles. The number of hydrogen-bond donors (Lipinski definition) is 1. The third-order valence-corrected chi connectivity index (χ3v) is 3.15. The van der Waals surface area contributed by atoms with Gasteiger partial charge in [-0.1, -0.05) is 65.4 Å². The number of carbonyl (C=O) groups is 1. The van der Waals surface area contributed by atoms with Crippen molar-refractivity contribution < 1.29 is 14.6 Å². The van der Waals surface area contributed by atoms with Crippen LogP contribution in [0, 0.1) is 5.92 Å². The predicted octanol–water partition coefficient (Wildman–Crippen LogP) is 4.20. The van der Waals surface area contributed by atoms with Crippen molar-refractivity contribution in [2.24, 2.45) is 5.92 Å². The molecule has 0 aromatic rings. The first-order valence-corrected chi connectivity index (χ1v) is 7.57. The predicted molar refractivity (Wildman–Crippen MR) is 78.7 cm³/mol. The van der Waals surface area contributed by atoms with Gasteiger partial charge in [0, 0.05) is 12.5 Å². The molecular weight excluding hydrogens is 240 g/mol. The van der Waals surface area contributed by atoms with E-state index in [1.54, 1.807) is 0 Å². The zero-order chi connectivity index (χ0) is 14.5. The zero-order valence-corrected chi connectivity index (χ0v) is 12.6. The van der Waals surface area contributed by atoms with E-state index in [-0.39, 0.29) is 0 Å². The van der Waals surface area contributed by atoms with Crippen LogP contribution in [0.3, 0.4) is 0 Å². The van der Waals surface area contributed by atoms with Crippen molar-refractivity contribution in [1.82, 2.24) is 0 Å². The molecule has 0 aliphatic carbocycles. The minimum absolute atomic E-state index is 0.521. The second kappa shape index (κ2) is 12.2. The fourth-order valence-corrected chi connectivity index (χ4v) is 2.00. The minimum Gasteiger partial charge on any atom is -0.433 e. The maximum Gasteiger partial charge on any atom is 0.332 e. The van der Waals surface area contributed by atoms with Crippen molar-refractivity contribution in [2.45, 2.75) is 77.9 Å². The molecule has 1 unspecified atom stereocenters. The Kier molecular flexibility index (Phi) is 11.7. The lowest BCUT2D eigenvalue weighted by molar-refractivity contribution is -0.162. The summed E-state index contributed by atoms with van der Waals surface area (Å²) in [7, 11) is 0. The summed E-state index contributed by atoms with van der Waals surface area (Å²) < 4.78 is 4.68. The first-order chi connectivity index (χ1) is 9.06. The Morgan fingerprint density at radius 2 is 1.53 bits per heavy atom. The Morgan fingerprint density at radius 3 is 2.00 bits per heavy atom. The molecule has 0 saturated carbocycles. The molecule has 1 atom stereocenters. The van der Waals surface area contributed by atoms with Crippen LogP contribution in [0.15, 0.2) is 12.7 Å². The van der Waals surface area contributed by atoms with Gasteiger partial charge in [0.15, 0.2) is 0 Å². The lowest BCUT2D eigenvalue weighted by Gasteiger charge is -2.10. The van der Waals surface area contributed by atoms with Gasteiger partial charge < -0.3 is 9.84 Å². The topological polar surface area (TPSA) is 46.5 Å². The van der Waals surface area contributed by atoms with Crippen LogP contribution in [0.1, 0.15) is 71.6 Å². The van der Waals surface area contributed by atoms with Gasteiger partial charge in [0.2, 0.25) is 6.29 Å². The molecule has 0 radical (unpaired) electrons. The van der Waals surface area contributed by atoms with Gasteiger partial charge in [-0.25, -0.2) is 4.79 Å². The quantitative estimate of drug-likeness (QED) is 0.250. The Morgan fingerprint density at radius 1 is 1.05 bits per heavy atom. The van der Waals surface area contributed by atoms with Crippen molar-refractivity contribution in [2.75, 3.05) is 0 Å². The standard InChI is InChI=1S/C16H30O3/c1-4-15(17)19-16(18)13-11-9-7-5-6-8-10-12-14(2)3/h4,14,16,18H,1,5-13H2,2-3H3. The number of esters is 1. The number of aliphatic hydroxyl groups is 1. The molecule has 112 valence electrons. The Bertz CT molecular complexity index is 236. The van der Waals surface area contributed by atoms with E-state index in [1.807, 2.05) is 0 Å². The molecule has 0 amide bonds. The highest BCUT2D eigenvalue weighted by Gasteiger charge is 2.07. The number of ether oxygens (including phenoxy) is 1. The molecule has 0 spiro atoms. The van der Waals surface area contributed by atoms with E-state index in [9.17, 15) is 9.90 Å². The summed E-state index contributed by atoms with van der Waals surface area (Å²) in [6.07, 6.45) is 10.4. The summed E-state index contributed by atoms with van der Waals surface area (Å²) in [6.45, 7) is 7.82. The fraction of sp³-hybridized carbons (Fsp3) is 0.812.